The van der Waals surface area contributed by atoms with Crippen molar-refractivity contribution < 1.29 is 9.59 Å². The van der Waals surface area contributed by atoms with Gasteiger partial charge in [-0.2, -0.15) is 0 Å². The van der Waals surface area contributed by atoms with Gasteiger partial charge < -0.3 is 5.32 Å². The third-order valence-electron chi connectivity index (χ3n) is 4.63. The van der Waals surface area contributed by atoms with E-state index in [2.05, 4.69) is 5.32 Å². The molecule has 31 heavy (non-hydrogen) atoms. The van der Waals surface area contributed by atoms with Crippen molar-refractivity contribution in [3.8, 4) is 0 Å². The minimum atomic E-state index is -0.428. The van der Waals surface area contributed by atoms with Gasteiger partial charge in [-0.15, -0.1) is 0 Å². The van der Waals surface area contributed by atoms with Crippen molar-refractivity contribution in [1.82, 2.24) is 0 Å². The van der Waals surface area contributed by atoms with Crippen LogP contribution in [-0.4, -0.2) is 11.8 Å². The normalized spacial score (nSPS) is 13.9. The third-order valence-corrected chi connectivity index (χ3v) is 6.21. The molecule has 1 aliphatic heterocycles. The fourth-order valence-electron chi connectivity index (χ4n) is 3.38. The zero-order valence-electron chi connectivity index (χ0n) is 16.8. The number of rotatable bonds is 5. The number of nitrogens with zero attached hydrogens (tertiary/aromatic N) is 1. The van der Waals surface area contributed by atoms with Crippen LogP contribution in [0, 0.1) is 13.8 Å². The van der Waals surface area contributed by atoms with E-state index in [1.54, 1.807) is 36.4 Å². The largest absolute Gasteiger partial charge is 0.350 e. The summed E-state index contributed by atoms with van der Waals surface area (Å²) in [6, 6.07) is 19.7. The summed E-state index contributed by atoms with van der Waals surface area (Å²) < 4.78 is 0. The number of hydrogen-bond donors (Lipinski definition) is 1. The van der Waals surface area contributed by atoms with Crippen molar-refractivity contribution >= 4 is 58.2 Å². The maximum Gasteiger partial charge on any atom is 0.283 e. The summed E-state index contributed by atoms with van der Waals surface area (Å²) in [4.78, 5) is 29.0. The standard InChI is InChI=1S/C24H18Cl2N2O2S/c1-14-10-15(2)12-18(11-14)27-21-22(31-20-8-6-16(25)7-9-20)24(30)28(23(21)29)19-5-3-4-17(26)13-19/h3-13,27H,1-2H3. The van der Waals surface area contributed by atoms with Crippen molar-refractivity contribution in [3.63, 3.8) is 0 Å². The highest BCUT2D eigenvalue weighted by molar-refractivity contribution is 8.04. The number of amides is 2. The minimum Gasteiger partial charge on any atom is -0.350 e. The van der Waals surface area contributed by atoms with E-state index in [1.807, 2.05) is 44.2 Å². The first-order chi connectivity index (χ1) is 14.8. The number of benzene rings is 3. The van der Waals surface area contributed by atoms with Crippen LogP contribution in [-0.2, 0) is 9.59 Å². The zero-order chi connectivity index (χ0) is 22.1. The molecular formula is C24H18Cl2N2O2S. The average molecular weight is 469 g/mol. The van der Waals surface area contributed by atoms with Gasteiger partial charge in [0.15, 0.2) is 0 Å². The summed E-state index contributed by atoms with van der Waals surface area (Å²) in [5, 5.41) is 4.23. The molecule has 1 N–H and O–H groups in total. The van der Waals surface area contributed by atoms with E-state index in [4.69, 9.17) is 23.2 Å². The van der Waals surface area contributed by atoms with Gasteiger partial charge in [0, 0.05) is 20.6 Å². The number of thioether (sulfide) groups is 1. The quantitative estimate of drug-likeness (QED) is 0.428. The van der Waals surface area contributed by atoms with E-state index in [1.165, 1.54) is 11.8 Å². The molecule has 0 aliphatic carbocycles. The van der Waals surface area contributed by atoms with Gasteiger partial charge in [0.1, 0.15) is 10.6 Å². The van der Waals surface area contributed by atoms with Crippen molar-refractivity contribution in [2.45, 2.75) is 18.7 Å². The molecule has 0 unspecified atom stereocenters. The fraction of sp³-hybridized carbons (Fsp3) is 0.0833. The first kappa shape index (κ1) is 21.5. The van der Waals surface area contributed by atoms with Crippen molar-refractivity contribution in [1.29, 1.82) is 0 Å². The number of anilines is 2. The molecule has 0 atom stereocenters. The van der Waals surface area contributed by atoms with Crippen LogP contribution in [0.25, 0.3) is 0 Å². The van der Waals surface area contributed by atoms with Crippen molar-refractivity contribution in [2.24, 2.45) is 0 Å². The molecule has 0 fully saturated rings. The highest BCUT2D eigenvalue weighted by atomic mass is 35.5. The van der Waals surface area contributed by atoms with Gasteiger partial charge in [0.25, 0.3) is 11.8 Å². The Hall–Kier alpha value is -2.73. The van der Waals surface area contributed by atoms with Crippen molar-refractivity contribution in [2.75, 3.05) is 10.2 Å². The van der Waals surface area contributed by atoms with E-state index in [9.17, 15) is 9.59 Å². The van der Waals surface area contributed by atoms with Crippen LogP contribution >= 0.6 is 35.0 Å². The molecule has 1 aliphatic rings. The molecule has 156 valence electrons. The Morgan fingerprint density at radius 1 is 0.806 bits per heavy atom. The number of halogens is 2. The Morgan fingerprint density at radius 2 is 1.48 bits per heavy atom. The Kier molecular flexibility index (Phi) is 6.10. The van der Waals surface area contributed by atoms with Gasteiger partial charge in [0.2, 0.25) is 0 Å². The maximum absolute atomic E-state index is 13.4. The first-order valence-electron chi connectivity index (χ1n) is 9.49. The average Bonchev–Trinajstić information content (AvgIpc) is 2.93. The maximum atomic E-state index is 13.4. The molecule has 0 radical (unpaired) electrons. The predicted octanol–water partition coefficient (Wildman–Crippen LogP) is 6.60. The Balaban J connectivity index is 1.77. The number of carbonyl (C=O) groups is 2. The van der Waals surface area contributed by atoms with E-state index in [0.29, 0.717) is 20.6 Å². The van der Waals surface area contributed by atoms with Gasteiger partial charge in [-0.3, -0.25) is 9.59 Å². The lowest BCUT2D eigenvalue weighted by Crippen LogP contribution is -2.32. The van der Waals surface area contributed by atoms with Gasteiger partial charge in [0.05, 0.1) is 5.69 Å². The SMILES string of the molecule is Cc1cc(C)cc(NC2=C(Sc3ccc(Cl)cc3)C(=O)N(c3cccc(Cl)c3)C2=O)c1. The summed E-state index contributed by atoms with van der Waals surface area (Å²) in [6.45, 7) is 3.96. The van der Waals surface area contributed by atoms with Gasteiger partial charge in [-0.1, -0.05) is 47.1 Å². The van der Waals surface area contributed by atoms with Gasteiger partial charge >= 0.3 is 0 Å². The molecule has 4 rings (SSSR count). The highest BCUT2D eigenvalue weighted by Crippen LogP contribution is 2.38. The molecule has 3 aromatic rings. The first-order valence-corrected chi connectivity index (χ1v) is 11.1. The Labute approximate surface area is 194 Å². The second kappa shape index (κ2) is 8.79. The second-order valence-corrected chi connectivity index (χ2v) is 9.14. The fourth-order valence-corrected chi connectivity index (χ4v) is 4.61. The minimum absolute atomic E-state index is 0.231. The molecule has 0 saturated carbocycles. The topological polar surface area (TPSA) is 49.4 Å². The lowest BCUT2D eigenvalue weighted by atomic mass is 10.1. The van der Waals surface area contributed by atoms with Crippen LogP contribution in [0.5, 0.6) is 0 Å². The lowest BCUT2D eigenvalue weighted by molar-refractivity contribution is -0.120. The highest BCUT2D eigenvalue weighted by Gasteiger charge is 2.40. The molecular weight excluding hydrogens is 451 g/mol. The van der Waals surface area contributed by atoms with Crippen LogP contribution in [0.4, 0.5) is 11.4 Å². The monoisotopic (exact) mass is 468 g/mol. The Bertz CT molecular complexity index is 1200. The summed E-state index contributed by atoms with van der Waals surface area (Å²) in [7, 11) is 0. The van der Waals surface area contributed by atoms with E-state index in [0.717, 1.165) is 26.6 Å². The number of nitrogens with one attached hydrogen (secondary N) is 1. The summed E-state index contributed by atoms with van der Waals surface area (Å²) in [5.41, 5.74) is 3.51. The third kappa shape index (κ3) is 4.64. The number of hydrogen-bond acceptors (Lipinski definition) is 4. The van der Waals surface area contributed by atoms with Crippen LogP contribution in [0.15, 0.2) is 82.2 Å². The number of carbonyl (C=O) groups excluding carboxylic acids is 2. The molecule has 0 bridgehead atoms. The van der Waals surface area contributed by atoms with E-state index in [-0.39, 0.29) is 5.70 Å². The van der Waals surface area contributed by atoms with Gasteiger partial charge in [-0.25, -0.2) is 4.90 Å². The molecule has 3 aromatic carbocycles. The number of imide groups is 1. The molecule has 0 saturated heterocycles. The smallest absolute Gasteiger partial charge is 0.283 e. The van der Waals surface area contributed by atoms with Gasteiger partial charge in [-0.05, 0) is 79.6 Å². The summed E-state index contributed by atoms with van der Waals surface area (Å²) in [5.74, 6) is -0.831. The molecule has 4 nitrogen and oxygen atoms in total. The summed E-state index contributed by atoms with van der Waals surface area (Å²) in [6.07, 6.45) is 0. The molecule has 0 spiro atoms. The molecule has 7 heteroatoms. The summed E-state index contributed by atoms with van der Waals surface area (Å²) >= 11 is 13.3. The van der Waals surface area contributed by atoms with E-state index < -0.39 is 11.8 Å². The number of aryl methyl sites for hydroxylation is 2. The zero-order valence-corrected chi connectivity index (χ0v) is 19.1. The van der Waals surface area contributed by atoms with Crippen molar-refractivity contribution in [3.05, 3.63) is 98.5 Å². The molecule has 2 amide bonds. The molecule has 1 heterocycles. The predicted molar refractivity (Wildman–Crippen MR) is 128 cm³/mol. The van der Waals surface area contributed by atoms with Crippen LogP contribution in [0.1, 0.15) is 11.1 Å². The van der Waals surface area contributed by atoms with Crippen LogP contribution in [0.3, 0.4) is 0 Å². The van der Waals surface area contributed by atoms with E-state index >= 15 is 0 Å². The molecule has 0 aromatic heterocycles. The van der Waals surface area contributed by atoms with Crippen LogP contribution in [0.2, 0.25) is 10.0 Å². The lowest BCUT2D eigenvalue weighted by Gasteiger charge is -2.15. The second-order valence-electron chi connectivity index (χ2n) is 7.19. The van der Waals surface area contributed by atoms with Crippen LogP contribution < -0.4 is 10.2 Å². The Morgan fingerprint density at radius 3 is 2.13 bits per heavy atom.